The van der Waals surface area contributed by atoms with Crippen LogP contribution in [0.4, 0.5) is 0 Å². The molecule has 1 aliphatic rings. The molecule has 66 valence electrons. The Balaban J connectivity index is 2.52. The van der Waals surface area contributed by atoms with E-state index in [-0.39, 0.29) is 12.1 Å². The van der Waals surface area contributed by atoms with Gasteiger partial charge < -0.3 is 10.5 Å². The van der Waals surface area contributed by atoms with Crippen LogP contribution in [0.3, 0.4) is 0 Å². The lowest BCUT2D eigenvalue weighted by atomic mass is 9.78. The average molecular weight is 157 g/mol. The first-order valence-electron chi connectivity index (χ1n) is 4.43. The summed E-state index contributed by atoms with van der Waals surface area (Å²) in [5, 5.41) is 0. The highest BCUT2D eigenvalue weighted by molar-refractivity contribution is 4.85. The van der Waals surface area contributed by atoms with E-state index in [4.69, 9.17) is 10.5 Å². The van der Waals surface area contributed by atoms with Gasteiger partial charge in [-0.25, -0.2) is 0 Å². The molecule has 11 heavy (non-hydrogen) atoms. The molecular formula is C9H19NO. The van der Waals surface area contributed by atoms with Crippen LogP contribution in [0.25, 0.3) is 0 Å². The van der Waals surface area contributed by atoms with Crippen LogP contribution in [0.5, 0.6) is 0 Å². The van der Waals surface area contributed by atoms with Crippen molar-refractivity contribution in [3.05, 3.63) is 0 Å². The monoisotopic (exact) mass is 157 g/mol. The molecule has 0 heterocycles. The van der Waals surface area contributed by atoms with Crippen molar-refractivity contribution < 1.29 is 4.74 Å². The molecule has 1 saturated carbocycles. The third-order valence-corrected chi connectivity index (χ3v) is 2.70. The van der Waals surface area contributed by atoms with E-state index < -0.39 is 0 Å². The minimum absolute atomic E-state index is 0.249. The lowest BCUT2D eigenvalue weighted by Crippen LogP contribution is -2.45. The highest BCUT2D eigenvalue weighted by Gasteiger charge is 2.31. The van der Waals surface area contributed by atoms with Gasteiger partial charge in [0.15, 0.2) is 0 Å². The van der Waals surface area contributed by atoms with Gasteiger partial charge >= 0.3 is 0 Å². The molecule has 0 spiro atoms. The summed E-state index contributed by atoms with van der Waals surface area (Å²) in [7, 11) is 1.76. The van der Waals surface area contributed by atoms with Gasteiger partial charge in [-0.05, 0) is 24.7 Å². The summed E-state index contributed by atoms with van der Waals surface area (Å²) in [4.78, 5) is 0. The molecule has 0 aromatic carbocycles. The van der Waals surface area contributed by atoms with Gasteiger partial charge in [-0.2, -0.15) is 0 Å². The number of rotatable bonds is 1. The first-order chi connectivity index (χ1) is 5.15. The SMILES string of the molecule is CO[C@H]1[C@H](N)C[C@H](C)C[C@@H]1C. The fraction of sp³-hybridized carbons (Fsp3) is 1.00. The maximum Gasteiger partial charge on any atom is 0.0747 e. The van der Waals surface area contributed by atoms with E-state index in [0.29, 0.717) is 5.92 Å². The molecule has 0 bridgehead atoms. The zero-order valence-corrected chi connectivity index (χ0v) is 7.71. The third kappa shape index (κ3) is 1.94. The fourth-order valence-electron chi connectivity index (χ4n) is 2.29. The minimum Gasteiger partial charge on any atom is -0.380 e. The summed E-state index contributed by atoms with van der Waals surface area (Å²) in [5.41, 5.74) is 5.95. The van der Waals surface area contributed by atoms with Crippen molar-refractivity contribution in [3.63, 3.8) is 0 Å². The van der Waals surface area contributed by atoms with Gasteiger partial charge in [0.2, 0.25) is 0 Å². The molecule has 2 N–H and O–H groups in total. The van der Waals surface area contributed by atoms with E-state index in [1.54, 1.807) is 7.11 Å². The first-order valence-corrected chi connectivity index (χ1v) is 4.43. The number of ether oxygens (including phenoxy) is 1. The van der Waals surface area contributed by atoms with Gasteiger partial charge in [-0.3, -0.25) is 0 Å². The van der Waals surface area contributed by atoms with E-state index >= 15 is 0 Å². The predicted octanol–water partition coefficient (Wildman–Crippen LogP) is 1.39. The standard InChI is InChI=1S/C9H19NO/c1-6-4-7(2)9(11-3)8(10)5-6/h6-9H,4-5,10H2,1-3H3/t6-,7+,8-,9-/m1/s1. The summed E-state index contributed by atoms with van der Waals surface area (Å²) in [5.74, 6) is 1.39. The molecule has 0 aliphatic heterocycles. The fourth-order valence-corrected chi connectivity index (χ4v) is 2.29. The third-order valence-electron chi connectivity index (χ3n) is 2.70. The van der Waals surface area contributed by atoms with Crippen molar-refractivity contribution in [2.45, 2.75) is 38.8 Å². The van der Waals surface area contributed by atoms with E-state index in [1.165, 1.54) is 6.42 Å². The Morgan fingerprint density at radius 3 is 2.36 bits per heavy atom. The molecule has 0 saturated heterocycles. The smallest absolute Gasteiger partial charge is 0.0747 e. The second-order valence-electron chi connectivity index (χ2n) is 3.92. The van der Waals surface area contributed by atoms with Gasteiger partial charge in [0.05, 0.1) is 6.10 Å². The topological polar surface area (TPSA) is 35.2 Å². The summed E-state index contributed by atoms with van der Waals surface area (Å²) in [6.07, 6.45) is 2.65. The van der Waals surface area contributed by atoms with Crippen LogP contribution in [0.15, 0.2) is 0 Å². The van der Waals surface area contributed by atoms with Crippen molar-refractivity contribution >= 4 is 0 Å². The van der Waals surface area contributed by atoms with Gasteiger partial charge in [-0.1, -0.05) is 13.8 Å². The van der Waals surface area contributed by atoms with E-state index in [9.17, 15) is 0 Å². The summed E-state index contributed by atoms with van der Waals surface area (Å²) >= 11 is 0. The number of nitrogens with two attached hydrogens (primary N) is 1. The van der Waals surface area contributed by atoms with Crippen molar-refractivity contribution in [3.8, 4) is 0 Å². The Hall–Kier alpha value is -0.0800. The van der Waals surface area contributed by atoms with Crippen LogP contribution in [0, 0.1) is 11.8 Å². The molecule has 2 heteroatoms. The summed E-state index contributed by atoms with van der Waals surface area (Å²) < 4.78 is 5.34. The zero-order valence-electron chi connectivity index (χ0n) is 7.71. The van der Waals surface area contributed by atoms with Crippen molar-refractivity contribution in [1.29, 1.82) is 0 Å². The average Bonchev–Trinajstić information content (AvgIpc) is 1.85. The van der Waals surface area contributed by atoms with Crippen LogP contribution in [-0.2, 0) is 4.74 Å². The lowest BCUT2D eigenvalue weighted by Gasteiger charge is -2.36. The second kappa shape index (κ2) is 3.55. The van der Waals surface area contributed by atoms with E-state index in [1.807, 2.05) is 0 Å². The maximum atomic E-state index is 5.95. The van der Waals surface area contributed by atoms with Crippen LogP contribution in [0.1, 0.15) is 26.7 Å². The normalized spacial score (nSPS) is 45.8. The summed E-state index contributed by atoms with van der Waals surface area (Å²) in [6, 6.07) is 0.249. The Morgan fingerprint density at radius 1 is 1.27 bits per heavy atom. The number of hydrogen-bond donors (Lipinski definition) is 1. The van der Waals surface area contributed by atoms with E-state index in [0.717, 1.165) is 12.3 Å². The first kappa shape index (κ1) is 9.01. The van der Waals surface area contributed by atoms with Crippen LogP contribution < -0.4 is 5.73 Å². The Kier molecular flexibility index (Phi) is 2.90. The highest BCUT2D eigenvalue weighted by Crippen LogP contribution is 2.29. The molecule has 0 aromatic rings. The van der Waals surface area contributed by atoms with Crippen LogP contribution in [0.2, 0.25) is 0 Å². The van der Waals surface area contributed by atoms with Crippen molar-refractivity contribution in [2.75, 3.05) is 7.11 Å². The number of hydrogen-bond acceptors (Lipinski definition) is 2. The Labute approximate surface area is 69.1 Å². The van der Waals surface area contributed by atoms with Gasteiger partial charge in [0, 0.05) is 13.2 Å². The Bertz CT molecular complexity index is 115. The molecule has 4 atom stereocenters. The predicted molar refractivity (Wildman–Crippen MR) is 46.3 cm³/mol. The van der Waals surface area contributed by atoms with Gasteiger partial charge in [-0.15, -0.1) is 0 Å². The lowest BCUT2D eigenvalue weighted by molar-refractivity contribution is 0.00237. The molecule has 1 rings (SSSR count). The zero-order chi connectivity index (χ0) is 8.43. The quantitative estimate of drug-likeness (QED) is 0.624. The molecule has 0 unspecified atom stereocenters. The largest absolute Gasteiger partial charge is 0.380 e. The Morgan fingerprint density at radius 2 is 1.91 bits per heavy atom. The molecule has 0 aromatic heterocycles. The van der Waals surface area contributed by atoms with Crippen LogP contribution >= 0.6 is 0 Å². The van der Waals surface area contributed by atoms with E-state index in [2.05, 4.69) is 13.8 Å². The van der Waals surface area contributed by atoms with Crippen molar-refractivity contribution in [1.82, 2.24) is 0 Å². The molecule has 0 amide bonds. The second-order valence-corrected chi connectivity index (χ2v) is 3.92. The van der Waals surface area contributed by atoms with Gasteiger partial charge in [0.1, 0.15) is 0 Å². The summed E-state index contributed by atoms with van der Waals surface area (Å²) in [6.45, 7) is 4.49. The van der Waals surface area contributed by atoms with Crippen molar-refractivity contribution in [2.24, 2.45) is 17.6 Å². The van der Waals surface area contributed by atoms with Crippen LogP contribution in [-0.4, -0.2) is 19.3 Å². The molecule has 1 aliphatic carbocycles. The number of methoxy groups -OCH3 is 1. The molecule has 1 fully saturated rings. The molecule has 0 radical (unpaired) electrons. The molecule has 2 nitrogen and oxygen atoms in total. The minimum atomic E-state index is 0.249. The molecular weight excluding hydrogens is 138 g/mol. The van der Waals surface area contributed by atoms with Gasteiger partial charge in [0.25, 0.3) is 0 Å². The maximum absolute atomic E-state index is 5.95. The highest BCUT2D eigenvalue weighted by atomic mass is 16.5.